The number of aromatic nitrogens is 2. The smallest absolute Gasteiger partial charge is 0.223 e. The zero-order valence-electron chi connectivity index (χ0n) is 13.3. The summed E-state index contributed by atoms with van der Waals surface area (Å²) in [5.41, 5.74) is 2.07. The van der Waals surface area contributed by atoms with Gasteiger partial charge in [0, 0.05) is 31.0 Å². The molecule has 3 rings (SSSR count). The number of fused-ring (bicyclic) bond motifs is 1. The van der Waals surface area contributed by atoms with E-state index in [9.17, 15) is 4.79 Å². The predicted molar refractivity (Wildman–Crippen MR) is 84.2 cm³/mol. The van der Waals surface area contributed by atoms with Crippen molar-refractivity contribution in [3.63, 3.8) is 0 Å². The van der Waals surface area contributed by atoms with Gasteiger partial charge in [-0.05, 0) is 39.8 Å². The third kappa shape index (κ3) is 2.33. The summed E-state index contributed by atoms with van der Waals surface area (Å²) in [5, 5.41) is 0. The van der Waals surface area contributed by atoms with Crippen molar-refractivity contribution in [1.29, 1.82) is 0 Å². The molecule has 21 heavy (non-hydrogen) atoms. The highest BCUT2D eigenvalue weighted by molar-refractivity contribution is 5.81. The van der Waals surface area contributed by atoms with Gasteiger partial charge in [0.05, 0.1) is 11.0 Å². The summed E-state index contributed by atoms with van der Waals surface area (Å²) in [4.78, 5) is 19.1. The molecule has 1 aliphatic rings. The van der Waals surface area contributed by atoms with Crippen molar-refractivity contribution >= 4 is 16.9 Å². The molecule has 0 N–H and O–H groups in total. The summed E-state index contributed by atoms with van der Waals surface area (Å²) in [6.45, 7) is 10.1. The molecule has 2 heterocycles. The number of carbonyl (C=O) groups is 1. The Labute approximate surface area is 125 Å². The van der Waals surface area contributed by atoms with Crippen molar-refractivity contribution in [1.82, 2.24) is 14.5 Å². The van der Waals surface area contributed by atoms with E-state index in [0.29, 0.717) is 6.42 Å². The van der Waals surface area contributed by atoms with E-state index >= 15 is 0 Å². The Morgan fingerprint density at radius 2 is 2.00 bits per heavy atom. The second kappa shape index (κ2) is 4.86. The molecular formula is C17H23N3O. The van der Waals surface area contributed by atoms with Gasteiger partial charge in [-0.15, -0.1) is 0 Å². The minimum absolute atomic E-state index is 0.116. The molecule has 0 bridgehead atoms. The fraction of sp³-hybridized carbons (Fsp3) is 0.529. The number of imidazole rings is 1. The van der Waals surface area contributed by atoms with Gasteiger partial charge in [0.25, 0.3) is 0 Å². The number of rotatable bonds is 2. The summed E-state index contributed by atoms with van der Waals surface area (Å²) in [6.07, 6.45) is 0.570. The lowest BCUT2D eigenvalue weighted by Gasteiger charge is -2.32. The van der Waals surface area contributed by atoms with Crippen LogP contribution in [0.3, 0.4) is 0 Å². The maximum atomic E-state index is 12.3. The molecule has 4 nitrogen and oxygen atoms in total. The topological polar surface area (TPSA) is 38.1 Å². The fourth-order valence-corrected chi connectivity index (χ4v) is 3.27. The maximum Gasteiger partial charge on any atom is 0.223 e. The Morgan fingerprint density at radius 3 is 2.62 bits per heavy atom. The Hall–Kier alpha value is -1.84. The number of likely N-dealkylation sites (tertiary alicyclic amines) is 1. The van der Waals surface area contributed by atoms with Gasteiger partial charge in [0.2, 0.25) is 5.91 Å². The molecule has 0 radical (unpaired) electrons. The molecule has 1 amide bonds. The van der Waals surface area contributed by atoms with Gasteiger partial charge in [-0.1, -0.05) is 12.1 Å². The molecule has 4 heteroatoms. The average Bonchev–Trinajstić information content (AvgIpc) is 2.98. The molecule has 2 aromatic rings. The van der Waals surface area contributed by atoms with Crippen LogP contribution in [0.1, 0.15) is 45.9 Å². The van der Waals surface area contributed by atoms with Crippen molar-refractivity contribution in [3.8, 4) is 0 Å². The van der Waals surface area contributed by atoms with Crippen molar-refractivity contribution < 1.29 is 4.79 Å². The Balaban J connectivity index is 2.00. The van der Waals surface area contributed by atoms with E-state index in [1.54, 1.807) is 0 Å². The van der Waals surface area contributed by atoms with E-state index in [1.165, 1.54) is 0 Å². The van der Waals surface area contributed by atoms with Crippen LogP contribution in [0.25, 0.3) is 11.0 Å². The number of hydrogen-bond acceptors (Lipinski definition) is 2. The largest absolute Gasteiger partial charge is 0.337 e. The van der Waals surface area contributed by atoms with Gasteiger partial charge in [-0.25, -0.2) is 4.98 Å². The number of benzene rings is 1. The minimum Gasteiger partial charge on any atom is -0.337 e. The Morgan fingerprint density at radius 1 is 1.29 bits per heavy atom. The molecular weight excluding hydrogens is 262 g/mol. The number of hydrogen-bond donors (Lipinski definition) is 0. The number of carbonyl (C=O) groups excluding carboxylic acids is 1. The molecule has 1 atom stereocenters. The van der Waals surface area contributed by atoms with Gasteiger partial charge in [-0.2, -0.15) is 0 Å². The second-order valence-electron chi connectivity index (χ2n) is 6.78. The maximum absolute atomic E-state index is 12.3. The highest BCUT2D eigenvalue weighted by atomic mass is 16.2. The summed E-state index contributed by atoms with van der Waals surface area (Å²) in [7, 11) is 0. The van der Waals surface area contributed by atoms with Crippen LogP contribution in [-0.2, 0) is 11.3 Å². The molecule has 0 saturated carbocycles. The summed E-state index contributed by atoms with van der Waals surface area (Å²) in [5.74, 6) is 1.49. The first-order chi connectivity index (χ1) is 9.91. The third-order valence-corrected chi connectivity index (χ3v) is 4.30. The summed E-state index contributed by atoms with van der Waals surface area (Å²) < 4.78 is 2.25. The Kier molecular flexibility index (Phi) is 3.27. The monoisotopic (exact) mass is 285 g/mol. The van der Waals surface area contributed by atoms with Crippen molar-refractivity contribution in [2.24, 2.45) is 0 Å². The van der Waals surface area contributed by atoms with Crippen molar-refractivity contribution in [2.45, 2.75) is 52.1 Å². The van der Waals surface area contributed by atoms with E-state index < -0.39 is 0 Å². The van der Waals surface area contributed by atoms with Crippen LogP contribution in [0.4, 0.5) is 0 Å². The van der Waals surface area contributed by atoms with Crippen LogP contribution in [0.2, 0.25) is 0 Å². The molecule has 0 unspecified atom stereocenters. The molecule has 1 saturated heterocycles. The van der Waals surface area contributed by atoms with Crippen LogP contribution >= 0.6 is 0 Å². The summed E-state index contributed by atoms with van der Waals surface area (Å²) >= 11 is 0. The van der Waals surface area contributed by atoms with E-state index in [1.807, 2.05) is 23.1 Å². The number of aryl methyl sites for hydroxylation is 1. The standard InChI is InChI=1S/C17H23N3O/c1-5-19-14-9-7-6-8-13(14)18-16(19)12-10-15(21)20(11-12)17(2,3)4/h6-9,12H,5,10-11H2,1-4H3/t12-/m0/s1. The van der Waals surface area contributed by atoms with E-state index in [-0.39, 0.29) is 17.4 Å². The van der Waals surface area contributed by atoms with E-state index in [0.717, 1.165) is 29.9 Å². The van der Waals surface area contributed by atoms with Gasteiger partial charge in [0.15, 0.2) is 0 Å². The lowest BCUT2D eigenvalue weighted by Crippen LogP contribution is -2.42. The minimum atomic E-state index is -0.116. The fourth-order valence-electron chi connectivity index (χ4n) is 3.27. The molecule has 112 valence electrons. The number of nitrogens with zero attached hydrogens (tertiary/aromatic N) is 3. The molecule has 1 fully saturated rings. The van der Waals surface area contributed by atoms with E-state index in [2.05, 4.69) is 38.3 Å². The summed E-state index contributed by atoms with van der Waals surface area (Å²) in [6, 6.07) is 8.21. The van der Waals surface area contributed by atoms with Gasteiger partial charge in [0.1, 0.15) is 5.82 Å². The van der Waals surface area contributed by atoms with Crippen molar-refractivity contribution in [3.05, 3.63) is 30.1 Å². The lowest BCUT2D eigenvalue weighted by atomic mass is 10.1. The zero-order chi connectivity index (χ0) is 15.2. The SMILES string of the molecule is CCn1c([C@H]2CC(=O)N(C(C)(C)C)C2)nc2ccccc21. The highest BCUT2D eigenvalue weighted by Crippen LogP contribution is 2.33. The van der Waals surface area contributed by atoms with Gasteiger partial charge >= 0.3 is 0 Å². The number of para-hydroxylation sites is 2. The van der Waals surface area contributed by atoms with Gasteiger partial charge in [-0.3, -0.25) is 4.79 Å². The predicted octanol–water partition coefficient (Wildman–Crippen LogP) is 3.17. The zero-order valence-corrected chi connectivity index (χ0v) is 13.3. The number of amides is 1. The molecule has 1 aromatic heterocycles. The normalized spacial score (nSPS) is 19.7. The highest BCUT2D eigenvalue weighted by Gasteiger charge is 2.38. The second-order valence-corrected chi connectivity index (χ2v) is 6.78. The third-order valence-electron chi connectivity index (χ3n) is 4.30. The first kappa shape index (κ1) is 14.1. The van der Waals surface area contributed by atoms with Gasteiger partial charge < -0.3 is 9.47 Å². The Bertz CT molecular complexity index is 681. The van der Waals surface area contributed by atoms with Crippen molar-refractivity contribution in [2.75, 3.05) is 6.54 Å². The van der Waals surface area contributed by atoms with Crippen LogP contribution in [0, 0.1) is 0 Å². The first-order valence-corrected chi connectivity index (χ1v) is 7.67. The average molecular weight is 285 g/mol. The quantitative estimate of drug-likeness (QED) is 0.850. The lowest BCUT2D eigenvalue weighted by molar-refractivity contribution is -0.131. The molecule has 0 spiro atoms. The molecule has 1 aliphatic heterocycles. The van der Waals surface area contributed by atoms with Crippen LogP contribution in [-0.4, -0.2) is 32.4 Å². The van der Waals surface area contributed by atoms with Crippen LogP contribution in [0.5, 0.6) is 0 Å². The van der Waals surface area contributed by atoms with E-state index in [4.69, 9.17) is 4.98 Å². The van der Waals surface area contributed by atoms with Crippen LogP contribution < -0.4 is 0 Å². The van der Waals surface area contributed by atoms with Crippen LogP contribution in [0.15, 0.2) is 24.3 Å². The molecule has 1 aromatic carbocycles. The molecule has 0 aliphatic carbocycles. The first-order valence-electron chi connectivity index (χ1n) is 7.67.